The second-order valence-electron chi connectivity index (χ2n) is 4.53. The number of pyridine rings is 1. The fraction of sp³-hybridized carbons (Fsp3) is 0.267. The first kappa shape index (κ1) is 12.7. The third-order valence-electron chi connectivity index (χ3n) is 3.09. The van der Waals surface area contributed by atoms with Crippen LogP contribution in [0.3, 0.4) is 0 Å². The van der Waals surface area contributed by atoms with Gasteiger partial charge in [-0.1, -0.05) is 12.1 Å². The summed E-state index contributed by atoms with van der Waals surface area (Å²) < 4.78 is 13.1. The topological polar surface area (TPSA) is 33.1 Å². The minimum atomic E-state index is -0.765. The quantitative estimate of drug-likeness (QED) is 0.881. The van der Waals surface area contributed by atoms with Crippen molar-refractivity contribution < 1.29 is 9.50 Å². The molecule has 1 aromatic heterocycles. The molecule has 0 radical (unpaired) electrons. The number of nitrogens with zero attached hydrogens (tertiary/aromatic N) is 1. The van der Waals surface area contributed by atoms with E-state index < -0.39 is 6.10 Å². The van der Waals surface area contributed by atoms with Gasteiger partial charge in [-0.3, -0.25) is 4.98 Å². The predicted octanol–water partition coefficient (Wildman–Crippen LogP) is 3.23. The average molecular weight is 245 g/mol. The first-order valence-electron chi connectivity index (χ1n) is 5.87. The number of aliphatic hydroxyl groups is 1. The summed E-state index contributed by atoms with van der Waals surface area (Å²) in [5.74, 6) is -0.290. The van der Waals surface area contributed by atoms with Crippen LogP contribution in [0, 0.1) is 26.6 Å². The molecule has 18 heavy (non-hydrogen) atoms. The third kappa shape index (κ3) is 2.41. The van der Waals surface area contributed by atoms with Gasteiger partial charge in [0.05, 0.1) is 0 Å². The molecule has 1 unspecified atom stereocenters. The molecule has 0 saturated heterocycles. The smallest absolute Gasteiger partial charge is 0.123 e. The van der Waals surface area contributed by atoms with Crippen LogP contribution >= 0.6 is 0 Å². The van der Waals surface area contributed by atoms with Gasteiger partial charge in [0.15, 0.2) is 0 Å². The molecule has 1 atom stereocenters. The highest BCUT2D eigenvalue weighted by atomic mass is 19.1. The predicted molar refractivity (Wildman–Crippen MR) is 68.9 cm³/mol. The first-order chi connectivity index (χ1) is 8.49. The van der Waals surface area contributed by atoms with Gasteiger partial charge < -0.3 is 5.11 Å². The molecule has 0 aliphatic rings. The van der Waals surface area contributed by atoms with Crippen LogP contribution in [0.5, 0.6) is 0 Å². The maximum atomic E-state index is 13.1. The van der Waals surface area contributed by atoms with E-state index in [1.54, 1.807) is 13.0 Å². The fourth-order valence-corrected chi connectivity index (χ4v) is 2.10. The number of aryl methyl sites for hydroxylation is 3. The van der Waals surface area contributed by atoms with Crippen molar-refractivity contribution in [2.24, 2.45) is 0 Å². The lowest BCUT2D eigenvalue weighted by Crippen LogP contribution is -2.06. The zero-order valence-corrected chi connectivity index (χ0v) is 10.7. The van der Waals surface area contributed by atoms with Gasteiger partial charge in [-0.05, 0) is 50.1 Å². The largest absolute Gasteiger partial charge is 0.384 e. The van der Waals surface area contributed by atoms with Crippen molar-refractivity contribution >= 4 is 0 Å². The molecule has 94 valence electrons. The Kier molecular flexibility index (Phi) is 3.43. The molecular formula is C15H16FNO. The third-order valence-corrected chi connectivity index (χ3v) is 3.09. The Bertz CT molecular complexity index is 529. The monoisotopic (exact) mass is 245 g/mol. The van der Waals surface area contributed by atoms with E-state index in [2.05, 4.69) is 4.98 Å². The second kappa shape index (κ2) is 4.86. The maximum Gasteiger partial charge on any atom is 0.123 e. The molecule has 0 fully saturated rings. The Labute approximate surface area is 106 Å². The van der Waals surface area contributed by atoms with E-state index in [1.807, 2.05) is 26.0 Å². The average Bonchev–Trinajstić information content (AvgIpc) is 2.28. The van der Waals surface area contributed by atoms with Gasteiger partial charge in [0, 0.05) is 17.0 Å². The van der Waals surface area contributed by atoms with Crippen LogP contribution in [0.4, 0.5) is 4.39 Å². The molecule has 2 rings (SSSR count). The number of benzene rings is 1. The van der Waals surface area contributed by atoms with Gasteiger partial charge in [0.25, 0.3) is 0 Å². The van der Waals surface area contributed by atoms with Gasteiger partial charge in [0.1, 0.15) is 11.9 Å². The molecule has 2 aromatic rings. The first-order valence-corrected chi connectivity index (χ1v) is 5.87. The SMILES string of the molecule is Cc1ccc(C(O)c2ccc(F)cc2C)c(C)n1. The highest BCUT2D eigenvalue weighted by molar-refractivity contribution is 5.37. The van der Waals surface area contributed by atoms with Gasteiger partial charge in [-0.25, -0.2) is 4.39 Å². The summed E-state index contributed by atoms with van der Waals surface area (Å²) in [6, 6.07) is 8.14. The zero-order valence-electron chi connectivity index (χ0n) is 10.7. The number of aliphatic hydroxyl groups excluding tert-OH is 1. The fourth-order valence-electron chi connectivity index (χ4n) is 2.10. The summed E-state index contributed by atoms with van der Waals surface area (Å²) >= 11 is 0. The van der Waals surface area contributed by atoms with Crippen molar-refractivity contribution in [3.63, 3.8) is 0 Å². The second-order valence-corrected chi connectivity index (χ2v) is 4.53. The standard InChI is InChI=1S/C15H16FNO/c1-9-8-12(16)5-7-13(9)15(18)14-6-4-10(2)17-11(14)3/h4-8,15,18H,1-3H3. The summed E-state index contributed by atoms with van der Waals surface area (Å²) in [6.07, 6.45) is -0.765. The van der Waals surface area contributed by atoms with Crippen molar-refractivity contribution in [3.05, 3.63) is 64.2 Å². The molecule has 3 heteroatoms. The lowest BCUT2D eigenvalue weighted by molar-refractivity contribution is 0.218. The van der Waals surface area contributed by atoms with E-state index in [4.69, 9.17) is 0 Å². The van der Waals surface area contributed by atoms with E-state index in [1.165, 1.54) is 12.1 Å². The maximum absolute atomic E-state index is 13.1. The van der Waals surface area contributed by atoms with E-state index in [0.29, 0.717) is 5.56 Å². The summed E-state index contributed by atoms with van der Waals surface area (Å²) in [5, 5.41) is 10.4. The molecular weight excluding hydrogens is 229 g/mol. The lowest BCUT2D eigenvalue weighted by atomic mass is 9.96. The Balaban J connectivity index is 2.44. The minimum Gasteiger partial charge on any atom is -0.384 e. The summed E-state index contributed by atoms with van der Waals surface area (Å²) in [7, 11) is 0. The van der Waals surface area contributed by atoms with Gasteiger partial charge in [-0.15, -0.1) is 0 Å². The molecule has 0 aliphatic carbocycles. The minimum absolute atomic E-state index is 0.290. The van der Waals surface area contributed by atoms with Crippen molar-refractivity contribution in [3.8, 4) is 0 Å². The van der Waals surface area contributed by atoms with Crippen LogP contribution in [0.25, 0.3) is 0 Å². The van der Waals surface area contributed by atoms with Crippen molar-refractivity contribution in [2.45, 2.75) is 26.9 Å². The van der Waals surface area contributed by atoms with E-state index >= 15 is 0 Å². The summed E-state index contributed by atoms with van der Waals surface area (Å²) in [4.78, 5) is 4.33. The molecule has 1 aromatic carbocycles. The highest BCUT2D eigenvalue weighted by Gasteiger charge is 2.16. The van der Waals surface area contributed by atoms with Gasteiger partial charge in [-0.2, -0.15) is 0 Å². The number of hydrogen-bond donors (Lipinski definition) is 1. The van der Waals surface area contributed by atoms with Crippen molar-refractivity contribution in [1.82, 2.24) is 4.98 Å². The van der Waals surface area contributed by atoms with Crippen LogP contribution < -0.4 is 0 Å². The lowest BCUT2D eigenvalue weighted by Gasteiger charge is -2.16. The van der Waals surface area contributed by atoms with Gasteiger partial charge >= 0.3 is 0 Å². The van der Waals surface area contributed by atoms with Crippen LogP contribution in [-0.4, -0.2) is 10.1 Å². The Hall–Kier alpha value is -1.74. The van der Waals surface area contributed by atoms with Crippen LogP contribution in [0.1, 0.15) is 34.2 Å². The number of hydrogen-bond acceptors (Lipinski definition) is 2. The Morgan fingerprint density at radius 2 is 1.72 bits per heavy atom. The molecule has 1 heterocycles. The molecule has 0 bridgehead atoms. The molecule has 1 N–H and O–H groups in total. The van der Waals surface area contributed by atoms with Crippen molar-refractivity contribution in [2.75, 3.05) is 0 Å². The van der Waals surface area contributed by atoms with Gasteiger partial charge in [0.2, 0.25) is 0 Å². The summed E-state index contributed by atoms with van der Waals surface area (Å²) in [5.41, 5.74) is 3.92. The number of halogens is 1. The molecule has 0 aliphatic heterocycles. The van der Waals surface area contributed by atoms with E-state index in [-0.39, 0.29) is 5.82 Å². The Morgan fingerprint density at radius 1 is 1.06 bits per heavy atom. The zero-order chi connectivity index (χ0) is 13.3. The van der Waals surface area contributed by atoms with Crippen LogP contribution in [0.2, 0.25) is 0 Å². The number of rotatable bonds is 2. The normalized spacial score (nSPS) is 12.5. The highest BCUT2D eigenvalue weighted by Crippen LogP contribution is 2.26. The molecule has 0 saturated carbocycles. The summed E-state index contributed by atoms with van der Waals surface area (Å²) in [6.45, 7) is 5.56. The molecule has 0 spiro atoms. The molecule has 0 amide bonds. The number of aromatic nitrogens is 1. The van der Waals surface area contributed by atoms with Crippen LogP contribution in [-0.2, 0) is 0 Å². The van der Waals surface area contributed by atoms with E-state index in [0.717, 1.165) is 22.5 Å². The molecule has 2 nitrogen and oxygen atoms in total. The van der Waals surface area contributed by atoms with E-state index in [9.17, 15) is 9.50 Å². The van der Waals surface area contributed by atoms with Crippen molar-refractivity contribution in [1.29, 1.82) is 0 Å². The van der Waals surface area contributed by atoms with Crippen LogP contribution in [0.15, 0.2) is 30.3 Å². The Morgan fingerprint density at radius 3 is 2.33 bits per heavy atom.